The van der Waals surface area contributed by atoms with Crippen molar-refractivity contribution in [1.29, 1.82) is 0 Å². The molecule has 0 bridgehead atoms. The lowest BCUT2D eigenvalue weighted by Gasteiger charge is -2.38. The molecule has 1 heterocycles. The van der Waals surface area contributed by atoms with Crippen LogP contribution in [0.2, 0.25) is 0 Å². The normalized spacial score (nSPS) is 23.0. The van der Waals surface area contributed by atoms with Gasteiger partial charge in [-0.15, -0.1) is 6.58 Å². The van der Waals surface area contributed by atoms with E-state index in [0.29, 0.717) is 38.4 Å². The number of nitrogens with one attached hydrogen (secondary N) is 1. The Morgan fingerprint density at radius 1 is 1.07 bits per heavy atom. The Morgan fingerprint density at radius 2 is 1.70 bits per heavy atom. The lowest BCUT2D eigenvalue weighted by molar-refractivity contribution is -0.138. The SMILES string of the molecule is C=CCNC(=O)C1CCC(C(=O)N2CCN(c3ccccc3F)CC2)CC1. The van der Waals surface area contributed by atoms with Crippen LogP contribution in [0.15, 0.2) is 36.9 Å². The van der Waals surface area contributed by atoms with Crippen molar-refractivity contribution in [3.05, 3.63) is 42.7 Å². The number of amides is 2. The summed E-state index contributed by atoms with van der Waals surface area (Å²) in [4.78, 5) is 28.8. The average Bonchev–Trinajstić information content (AvgIpc) is 2.72. The van der Waals surface area contributed by atoms with Crippen molar-refractivity contribution >= 4 is 17.5 Å². The van der Waals surface area contributed by atoms with Crippen molar-refractivity contribution in [2.45, 2.75) is 25.7 Å². The van der Waals surface area contributed by atoms with E-state index >= 15 is 0 Å². The van der Waals surface area contributed by atoms with Crippen LogP contribution in [-0.4, -0.2) is 49.4 Å². The summed E-state index contributed by atoms with van der Waals surface area (Å²) < 4.78 is 13.9. The zero-order valence-electron chi connectivity index (χ0n) is 15.7. The van der Waals surface area contributed by atoms with Crippen LogP contribution in [-0.2, 0) is 9.59 Å². The number of hydrogen-bond donors (Lipinski definition) is 1. The van der Waals surface area contributed by atoms with Crippen LogP contribution >= 0.6 is 0 Å². The second kappa shape index (κ2) is 9.02. The van der Waals surface area contributed by atoms with E-state index in [1.807, 2.05) is 15.9 Å². The van der Waals surface area contributed by atoms with Crippen molar-refractivity contribution in [1.82, 2.24) is 10.2 Å². The smallest absolute Gasteiger partial charge is 0.225 e. The molecule has 1 saturated heterocycles. The molecule has 1 aromatic carbocycles. The van der Waals surface area contributed by atoms with Gasteiger partial charge in [-0.05, 0) is 37.8 Å². The van der Waals surface area contributed by atoms with Gasteiger partial charge in [0.15, 0.2) is 0 Å². The minimum Gasteiger partial charge on any atom is -0.366 e. The Hall–Kier alpha value is -2.37. The average molecular weight is 373 g/mol. The van der Waals surface area contributed by atoms with Crippen molar-refractivity contribution in [3.8, 4) is 0 Å². The largest absolute Gasteiger partial charge is 0.366 e. The molecule has 1 aliphatic heterocycles. The zero-order chi connectivity index (χ0) is 19.2. The lowest BCUT2D eigenvalue weighted by atomic mass is 9.81. The molecule has 146 valence electrons. The van der Waals surface area contributed by atoms with E-state index in [0.717, 1.165) is 25.7 Å². The summed E-state index contributed by atoms with van der Waals surface area (Å²) in [5.74, 6) is 0.0538. The first-order valence-electron chi connectivity index (χ1n) is 9.77. The monoisotopic (exact) mass is 373 g/mol. The highest BCUT2D eigenvalue weighted by molar-refractivity contribution is 5.81. The highest BCUT2D eigenvalue weighted by Gasteiger charge is 2.33. The number of para-hydroxylation sites is 1. The number of carbonyl (C=O) groups excluding carboxylic acids is 2. The fourth-order valence-corrected chi connectivity index (χ4v) is 4.05. The van der Waals surface area contributed by atoms with Crippen LogP contribution in [0.1, 0.15) is 25.7 Å². The number of halogens is 1. The first kappa shape index (κ1) is 19.4. The number of benzene rings is 1. The van der Waals surface area contributed by atoms with Crippen molar-refractivity contribution in [2.75, 3.05) is 37.6 Å². The Kier molecular flexibility index (Phi) is 6.48. The van der Waals surface area contributed by atoms with Gasteiger partial charge in [0.2, 0.25) is 11.8 Å². The third-order valence-corrected chi connectivity index (χ3v) is 5.65. The predicted octanol–water partition coefficient (Wildman–Crippen LogP) is 2.58. The van der Waals surface area contributed by atoms with Gasteiger partial charge < -0.3 is 15.1 Å². The lowest BCUT2D eigenvalue weighted by Crippen LogP contribution is -2.51. The van der Waals surface area contributed by atoms with E-state index in [2.05, 4.69) is 11.9 Å². The third kappa shape index (κ3) is 4.67. The van der Waals surface area contributed by atoms with E-state index in [1.165, 1.54) is 6.07 Å². The standard InChI is InChI=1S/C21H28FN3O2/c1-2-11-23-20(26)16-7-9-17(10-8-16)21(27)25-14-12-24(13-15-25)19-6-4-3-5-18(19)22/h2-6,16-17H,1,7-15H2,(H,23,26). The molecule has 3 rings (SSSR count). The Balaban J connectivity index is 1.47. The summed E-state index contributed by atoms with van der Waals surface area (Å²) in [6.07, 6.45) is 4.72. The fraction of sp³-hybridized carbons (Fsp3) is 0.524. The molecule has 0 aromatic heterocycles. The summed E-state index contributed by atoms with van der Waals surface area (Å²) in [6.45, 7) is 6.62. The zero-order valence-corrected chi connectivity index (χ0v) is 15.7. The first-order valence-corrected chi connectivity index (χ1v) is 9.77. The minimum atomic E-state index is -0.217. The molecule has 5 nitrogen and oxygen atoms in total. The van der Waals surface area contributed by atoms with Gasteiger partial charge in [-0.2, -0.15) is 0 Å². The molecule has 0 radical (unpaired) electrons. The van der Waals surface area contributed by atoms with Gasteiger partial charge >= 0.3 is 0 Å². The summed E-state index contributed by atoms with van der Waals surface area (Å²) in [5, 5.41) is 2.85. The molecule has 2 amide bonds. The molecule has 27 heavy (non-hydrogen) atoms. The number of nitrogens with zero attached hydrogens (tertiary/aromatic N) is 2. The number of anilines is 1. The van der Waals surface area contributed by atoms with Gasteiger partial charge in [0.25, 0.3) is 0 Å². The Labute approximate surface area is 160 Å². The van der Waals surface area contributed by atoms with Gasteiger partial charge in [0.1, 0.15) is 5.82 Å². The van der Waals surface area contributed by atoms with Crippen LogP contribution in [0.3, 0.4) is 0 Å². The molecular formula is C21H28FN3O2. The highest BCUT2D eigenvalue weighted by Crippen LogP contribution is 2.31. The first-order chi connectivity index (χ1) is 13.1. The summed E-state index contributed by atoms with van der Waals surface area (Å²) in [5.41, 5.74) is 0.607. The van der Waals surface area contributed by atoms with E-state index in [9.17, 15) is 14.0 Å². The van der Waals surface area contributed by atoms with Gasteiger partial charge in [0, 0.05) is 44.6 Å². The molecule has 6 heteroatoms. The molecule has 0 unspecified atom stereocenters. The van der Waals surface area contributed by atoms with Crippen LogP contribution in [0.5, 0.6) is 0 Å². The number of hydrogen-bond acceptors (Lipinski definition) is 3. The van der Waals surface area contributed by atoms with Crippen LogP contribution in [0.25, 0.3) is 0 Å². The van der Waals surface area contributed by atoms with Crippen molar-refractivity contribution in [3.63, 3.8) is 0 Å². The third-order valence-electron chi connectivity index (χ3n) is 5.65. The number of rotatable bonds is 5. The number of carbonyl (C=O) groups is 2. The molecule has 1 aliphatic carbocycles. The van der Waals surface area contributed by atoms with E-state index in [4.69, 9.17) is 0 Å². The fourth-order valence-electron chi connectivity index (χ4n) is 4.05. The molecule has 2 fully saturated rings. The van der Waals surface area contributed by atoms with Crippen LogP contribution in [0, 0.1) is 17.7 Å². The van der Waals surface area contributed by atoms with Crippen molar-refractivity contribution in [2.24, 2.45) is 11.8 Å². The maximum atomic E-state index is 13.9. The van der Waals surface area contributed by atoms with Gasteiger partial charge in [-0.1, -0.05) is 18.2 Å². The van der Waals surface area contributed by atoms with E-state index in [1.54, 1.807) is 18.2 Å². The predicted molar refractivity (Wildman–Crippen MR) is 104 cm³/mol. The Bertz CT molecular complexity index is 678. The second-order valence-corrected chi connectivity index (χ2v) is 7.35. The van der Waals surface area contributed by atoms with Crippen LogP contribution in [0.4, 0.5) is 10.1 Å². The number of piperazine rings is 1. The summed E-state index contributed by atoms with van der Waals surface area (Å²) in [7, 11) is 0. The minimum absolute atomic E-state index is 0.00639. The van der Waals surface area contributed by atoms with Gasteiger partial charge in [-0.25, -0.2) is 4.39 Å². The molecular weight excluding hydrogens is 345 g/mol. The highest BCUT2D eigenvalue weighted by atomic mass is 19.1. The van der Waals surface area contributed by atoms with Gasteiger partial charge in [-0.3, -0.25) is 9.59 Å². The van der Waals surface area contributed by atoms with Gasteiger partial charge in [0.05, 0.1) is 5.69 Å². The van der Waals surface area contributed by atoms with E-state index < -0.39 is 0 Å². The van der Waals surface area contributed by atoms with Crippen LogP contribution < -0.4 is 10.2 Å². The topological polar surface area (TPSA) is 52.7 Å². The summed E-state index contributed by atoms with van der Waals surface area (Å²) >= 11 is 0. The quantitative estimate of drug-likeness (QED) is 0.807. The maximum absolute atomic E-state index is 13.9. The molecule has 0 spiro atoms. The van der Waals surface area contributed by atoms with Crippen molar-refractivity contribution < 1.29 is 14.0 Å². The Morgan fingerprint density at radius 3 is 2.33 bits per heavy atom. The molecule has 2 aliphatic rings. The molecule has 1 N–H and O–H groups in total. The van der Waals surface area contributed by atoms with E-state index in [-0.39, 0.29) is 29.5 Å². The molecule has 1 saturated carbocycles. The molecule has 1 aromatic rings. The molecule has 0 atom stereocenters. The maximum Gasteiger partial charge on any atom is 0.225 e. The summed E-state index contributed by atoms with van der Waals surface area (Å²) in [6, 6.07) is 6.77. The second-order valence-electron chi connectivity index (χ2n) is 7.35.